The predicted molar refractivity (Wildman–Crippen MR) is 172 cm³/mol. The van der Waals surface area contributed by atoms with Crippen LogP contribution in [-0.2, 0) is 18.3 Å². The Morgan fingerprint density at radius 2 is 1.25 bits per heavy atom. The van der Waals surface area contributed by atoms with Gasteiger partial charge < -0.3 is 0 Å². The van der Waals surface area contributed by atoms with Crippen molar-refractivity contribution in [1.29, 1.82) is 0 Å². The van der Waals surface area contributed by atoms with E-state index in [4.69, 9.17) is 0 Å². The van der Waals surface area contributed by atoms with Crippen molar-refractivity contribution >= 4 is 6.08 Å². The summed E-state index contributed by atoms with van der Waals surface area (Å²) in [5, 5.41) is 0. The second kappa shape index (κ2) is 10.8. The van der Waals surface area contributed by atoms with Crippen LogP contribution in [-0.4, -0.2) is 0 Å². The van der Waals surface area contributed by atoms with Crippen LogP contribution < -0.4 is 0 Å². The molecule has 40 heavy (non-hydrogen) atoms. The number of fused-ring (bicyclic) bond motifs is 4. The number of hydrogen-bond donors (Lipinski definition) is 0. The fourth-order valence-electron chi connectivity index (χ4n) is 6.20. The molecule has 0 N–H and O–H groups in total. The molecule has 5 aromatic carbocycles. The minimum absolute atomic E-state index is 0.0667. The molecular formula is C40H38. The van der Waals surface area contributed by atoms with Gasteiger partial charge in [0.25, 0.3) is 0 Å². The van der Waals surface area contributed by atoms with Gasteiger partial charge >= 0.3 is 0 Å². The summed E-state index contributed by atoms with van der Waals surface area (Å²) in [7, 11) is 0. The number of aryl methyl sites for hydroxylation is 3. The van der Waals surface area contributed by atoms with Gasteiger partial charge in [-0.1, -0.05) is 146 Å². The van der Waals surface area contributed by atoms with Gasteiger partial charge in [-0.05, 0) is 88.7 Å². The normalized spacial score (nSPS) is 14.0. The molecule has 0 radical (unpaired) electrons. The minimum Gasteiger partial charge on any atom is -0.0836 e. The first-order chi connectivity index (χ1) is 19.4. The molecule has 0 atom stereocenters. The molecule has 0 saturated heterocycles. The van der Waals surface area contributed by atoms with E-state index in [1.807, 2.05) is 0 Å². The fourth-order valence-corrected chi connectivity index (χ4v) is 6.20. The minimum atomic E-state index is 0.0667. The summed E-state index contributed by atoms with van der Waals surface area (Å²) < 4.78 is 0. The van der Waals surface area contributed by atoms with Crippen LogP contribution in [0.5, 0.6) is 0 Å². The maximum Gasteiger partial charge on any atom is 0.0158 e. The molecule has 198 valence electrons. The molecule has 0 aromatic heterocycles. The molecule has 0 fully saturated rings. The van der Waals surface area contributed by atoms with E-state index in [1.165, 1.54) is 79.6 Å². The van der Waals surface area contributed by atoms with Gasteiger partial charge in [0.2, 0.25) is 0 Å². The summed E-state index contributed by atoms with van der Waals surface area (Å²) in [5.41, 5.74) is 16.6. The van der Waals surface area contributed by atoms with Gasteiger partial charge in [-0.2, -0.15) is 0 Å². The van der Waals surface area contributed by atoms with Crippen molar-refractivity contribution in [3.63, 3.8) is 0 Å². The fraction of sp³-hybridized carbons (Fsp3) is 0.200. The standard InChI is InChI=1S/C29H26.C11H12/c1-20-8-13-23(14-9-20)24-15-10-21(11-16-24)18-22-12-17-26-25-6-4-5-7-27(25)29(2,3)28(26)19-22;1-9-6-7-10-4-2-3-5-11(10)8-9/h4-17,19H,18H2,1-3H3;3,5-8H,2,4H2,1H3. The summed E-state index contributed by atoms with van der Waals surface area (Å²) in [5.74, 6) is 0. The van der Waals surface area contributed by atoms with Gasteiger partial charge in [0.05, 0.1) is 0 Å². The van der Waals surface area contributed by atoms with Gasteiger partial charge in [-0.3, -0.25) is 0 Å². The second-order valence-corrected chi connectivity index (χ2v) is 11.9. The monoisotopic (exact) mass is 518 g/mol. The maximum absolute atomic E-state index is 2.42. The highest BCUT2D eigenvalue weighted by Gasteiger charge is 2.35. The molecule has 0 spiro atoms. The lowest BCUT2D eigenvalue weighted by molar-refractivity contribution is 0.659. The first kappa shape index (κ1) is 26.1. The molecule has 0 heteroatoms. The van der Waals surface area contributed by atoms with E-state index in [0.717, 1.165) is 6.42 Å². The zero-order valence-corrected chi connectivity index (χ0v) is 24.2. The van der Waals surface area contributed by atoms with Crippen molar-refractivity contribution in [3.8, 4) is 22.3 Å². The number of hydrogen-bond acceptors (Lipinski definition) is 0. The SMILES string of the molecule is Cc1ccc(-c2ccc(Cc3ccc4c(c3)C(C)(C)c3ccccc3-4)cc2)cc1.Cc1ccc2c(c1)C=CCC2. The van der Waals surface area contributed by atoms with E-state index in [9.17, 15) is 0 Å². The molecule has 2 aliphatic rings. The van der Waals surface area contributed by atoms with Crippen molar-refractivity contribution < 1.29 is 0 Å². The molecule has 0 aliphatic heterocycles. The van der Waals surface area contributed by atoms with E-state index in [-0.39, 0.29) is 5.41 Å². The Bertz CT molecular complexity index is 1680. The maximum atomic E-state index is 2.42. The zero-order valence-electron chi connectivity index (χ0n) is 24.2. The quantitative estimate of drug-likeness (QED) is 0.223. The predicted octanol–water partition coefficient (Wildman–Crippen LogP) is 10.5. The molecular weight excluding hydrogens is 480 g/mol. The third-order valence-corrected chi connectivity index (χ3v) is 8.57. The van der Waals surface area contributed by atoms with Crippen molar-refractivity contribution in [2.24, 2.45) is 0 Å². The van der Waals surface area contributed by atoms with E-state index < -0.39 is 0 Å². The Morgan fingerprint density at radius 3 is 2.02 bits per heavy atom. The zero-order chi connectivity index (χ0) is 27.7. The molecule has 0 nitrogen and oxygen atoms in total. The topological polar surface area (TPSA) is 0 Å². The molecule has 2 aliphatic carbocycles. The highest BCUT2D eigenvalue weighted by atomic mass is 14.4. The molecule has 5 aromatic rings. The van der Waals surface area contributed by atoms with Gasteiger partial charge in [0.1, 0.15) is 0 Å². The third-order valence-electron chi connectivity index (χ3n) is 8.57. The number of allylic oxidation sites excluding steroid dienone is 1. The Kier molecular flexibility index (Phi) is 7.03. The van der Waals surface area contributed by atoms with Crippen LogP contribution in [0.4, 0.5) is 0 Å². The largest absolute Gasteiger partial charge is 0.0836 e. The van der Waals surface area contributed by atoms with Crippen LogP contribution in [0.3, 0.4) is 0 Å². The third kappa shape index (κ3) is 5.19. The Labute approximate surface area is 240 Å². The van der Waals surface area contributed by atoms with Crippen LogP contribution in [0.2, 0.25) is 0 Å². The molecule has 7 rings (SSSR count). The molecule has 0 saturated carbocycles. The van der Waals surface area contributed by atoms with Crippen molar-refractivity contribution in [3.05, 3.63) is 160 Å². The van der Waals surface area contributed by atoms with Crippen LogP contribution in [0, 0.1) is 13.8 Å². The first-order valence-corrected chi connectivity index (χ1v) is 14.5. The van der Waals surface area contributed by atoms with E-state index >= 15 is 0 Å². The summed E-state index contributed by atoms with van der Waals surface area (Å²) in [6.07, 6.45) is 7.86. The van der Waals surface area contributed by atoms with Crippen molar-refractivity contribution in [2.75, 3.05) is 0 Å². The highest BCUT2D eigenvalue weighted by molar-refractivity contribution is 5.81. The summed E-state index contributed by atoms with van der Waals surface area (Å²) in [4.78, 5) is 0. The van der Waals surface area contributed by atoms with Crippen LogP contribution >= 0.6 is 0 Å². The first-order valence-electron chi connectivity index (χ1n) is 14.5. The van der Waals surface area contributed by atoms with Gasteiger partial charge in [0.15, 0.2) is 0 Å². The lowest BCUT2D eigenvalue weighted by Gasteiger charge is -2.22. The molecule has 0 unspecified atom stereocenters. The van der Waals surface area contributed by atoms with Crippen molar-refractivity contribution in [1.82, 2.24) is 0 Å². The Hall–Kier alpha value is -4.16. The number of rotatable bonds is 3. The summed E-state index contributed by atoms with van der Waals surface area (Å²) in [6, 6.07) is 40.3. The average Bonchev–Trinajstić information content (AvgIpc) is 3.20. The van der Waals surface area contributed by atoms with E-state index in [2.05, 4.69) is 149 Å². The molecule has 0 amide bonds. The highest BCUT2D eigenvalue weighted by Crippen LogP contribution is 2.48. The smallest absolute Gasteiger partial charge is 0.0158 e. The van der Waals surface area contributed by atoms with Crippen molar-refractivity contribution in [2.45, 2.75) is 52.4 Å². The summed E-state index contributed by atoms with van der Waals surface area (Å²) in [6.45, 7) is 8.96. The molecule has 0 heterocycles. The number of benzene rings is 5. The van der Waals surface area contributed by atoms with E-state index in [0.29, 0.717) is 0 Å². The van der Waals surface area contributed by atoms with Crippen LogP contribution in [0.1, 0.15) is 64.8 Å². The van der Waals surface area contributed by atoms with E-state index in [1.54, 1.807) is 0 Å². The van der Waals surface area contributed by atoms with Crippen LogP contribution in [0.25, 0.3) is 28.3 Å². The van der Waals surface area contributed by atoms with Gasteiger partial charge in [-0.25, -0.2) is 0 Å². The molecule has 0 bridgehead atoms. The lowest BCUT2D eigenvalue weighted by atomic mass is 9.81. The lowest BCUT2D eigenvalue weighted by Crippen LogP contribution is -2.15. The Balaban J connectivity index is 0.000000219. The Morgan fingerprint density at radius 1 is 0.600 bits per heavy atom. The van der Waals surface area contributed by atoms with Gasteiger partial charge in [-0.15, -0.1) is 0 Å². The second-order valence-electron chi connectivity index (χ2n) is 11.9. The van der Waals surface area contributed by atoms with Crippen LogP contribution in [0.15, 0.2) is 115 Å². The van der Waals surface area contributed by atoms with Gasteiger partial charge in [0, 0.05) is 5.41 Å². The summed E-state index contributed by atoms with van der Waals surface area (Å²) >= 11 is 0. The average molecular weight is 519 g/mol.